The first-order valence-electron chi connectivity index (χ1n) is 4.19. The summed E-state index contributed by atoms with van der Waals surface area (Å²) < 4.78 is 25.1. The third-order valence-corrected chi connectivity index (χ3v) is 3.07. The zero-order chi connectivity index (χ0) is 10.9. The van der Waals surface area contributed by atoms with E-state index in [1.54, 1.807) is 18.6 Å². The van der Waals surface area contributed by atoms with Gasteiger partial charge in [-0.1, -0.05) is 13.8 Å². The molecule has 0 aromatic carbocycles. The molecule has 80 valence electrons. The SMILES string of the molecule is CC(C)CN1C(=O)CC(=O)NS1(=O)=O. The molecular formula is C7H12N2O4S. The molecular weight excluding hydrogens is 208 g/mol. The largest absolute Gasteiger partial charge is 0.328 e. The van der Waals surface area contributed by atoms with Crippen LogP contribution < -0.4 is 4.72 Å². The average molecular weight is 220 g/mol. The van der Waals surface area contributed by atoms with Crippen LogP contribution in [0.1, 0.15) is 20.3 Å². The Balaban J connectivity index is 2.92. The lowest BCUT2D eigenvalue weighted by atomic mass is 10.2. The Hall–Kier alpha value is -1.11. The Morgan fingerprint density at radius 2 is 2.00 bits per heavy atom. The zero-order valence-electron chi connectivity index (χ0n) is 7.98. The monoisotopic (exact) mass is 220 g/mol. The Morgan fingerprint density at radius 3 is 2.43 bits per heavy atom. The maximum Gasteiger partial charge on any atom is 0.328 e. The maximum absolute atomic E-state index is 11.3. The van der Waals surface area contributed by atoms with Crippen molar-refractivity contribution in [1.29, 1.82) is 0 Å². The zero-order valence-corrected chi connectivity index (χ0v) is 8.80. The van der Waals surface area contributed by atoms with Crippen LogP contribution in [0.5, 0.6) is 0 Å². The lowest BCUT2D eigenvalue weighted by Crippen LogP contribution is -2.53. The average Bonchev–Trinajstić information content (AvgIpc) is 1.95. The van der Waals surface area contributed by atoms with Crippen molar-refractivity contribution < 1.29 is 18.0 Å². The molecule has 0 aliphatic carbocycles. The fraction of sp³-hybridized carbons (Fsp3) is 0.714. The van der Waals surface area contributed by atoms with E-state index >= 15 is 0 Å². The number of nitrogens with one attached hydrogen (secondary N) is 1. The van der Waals surface area contributed by atoms with E-state index in [0.717, 1.165) is 0 Å². The molecule has 0 unspecified atom stereocenters. The van der Waals surface area contributed by atoms with Crippen molar-refractivity contribution in [1.82, 2.24) is 9.03 Å². The van der Waals surface area contributed by atoms with Crippen molar-refractivity contribution in [2.24, 2.45) is 5.92 Å². The highest BCUT2D eigenvalue weighted by molar-refractivity contribution is 7.88. The molecule has 1 aliphatic heterocycles. The van der Waals surface area contributed by atoms with Crippen molar-refractivity contribution in [3.8, 4) is 0 Å². The van der Waals surface area contributed by atoms with Gasteiger partial charge in [0.1, 0.15) is 6.42 Å². The summed E-state index contributed by atoms with van der Waals surface area (Å²) in [6, 6.07) is 0. The highest BCUT2D eigenvalue weighted by Crippen LogP contribution is 2.11. The third kappa shape index (κ3) is 2.22. The summed E-state index contributed by atoms with van der Waals surface area (Å²) >= 11 is 0. The molecule has 1 aliphatic rings. The standard InChI is InChI=1S/C7H12N2O4S/c1-5(2)4-9-7(11)3-6(10)8-14(9,12)13/h5H,3-4H2,1-2H3,(H,8,10). The fourth-order valence-corrected chi connectivity index (χ4v) is 2.42. The molecule has 6 nitrogen and oxygen atoms in total. The minimum absolute atomic E-state index is 0.0312. The van der Waals surface area contributed by atoms with E-state index in [4.69, 9.17) is 0 Å². The lowest BCUT2D eigenvalue weighted by Gasteiger charge is -2.27. The number of hydrogen-bond acceptors (Lipinski definition) is 4. The highest BCUT2D eigenvalue weighted by atomic mass is 32.2. The van der Waals surface area contributed by atoms with Gasteiger partial charge >= 0.3 is 10.2 Å². The molecule has 1 heterocycles. The van der Waals surface area contributed by atoms with Crippen LogP contribution in [0.25, 0.3) is 0 Å². The summed E-state index contributed by atoms with van der Waals surface area (Å²) in [6.45, 7) is 3.68. The van der Waals surface area contributed by atoms with Crippen LogP contribution in [0.4, 0.5) is 0 Å². The van der Waals surface area contributed by atoms with Gasteiger partial charge in [-0.05, 0) is 5.92 Å². The van der Waals surface area contributed by atoms with Crippen molar-refractivity contribution in [2.45, 2.75) is 20.3 Å². The van der Waals surface area contributed by atoms with Gasteiger partial charge in [-0.15, -0.1) is 0 Å². The quantitative estimate of drug-likeness (QED) is 0.620. The molecule has 0 saturated carbocycles. The van der Waals surface area contributed by atoms with Crippen LogP contribution >= 0.6 is 0 Å². The number of carbonyl (C=O) groups excluding carboxylic acids is 2. The Morgan fingerprint density at radius 1 is 1.43 bits per heavy atom. The number of hydrogen-bond donors (Lipinski definition) is 1. The van der Waals surface area contributed by atoms with E-state index in [0.29, 0.717) is 4.31 Å². The topological polar surface area (TPSA) is 83.6 Å². The molecule has 1 rings (SSSR count). The Labute approximate surface area is 82.5 Å². The maximum atomic E-state index is 11.3. The minimum Gasteiger partial charge on any atom is -0.273 e. The lowest BCUT2D eigenvalue weighted by molar-refractivity contribution is -0.133. The predicted molar refractivity (Wildman–Crippen MR) is 48.2 cm³/mol. The van der Waals surface area contributed by atoms with Crippen LogP contribution in [0.2, 0.25) is 0 Å². The van der Waals surface area contributed by atoms with Gasteiger partial charge in [0.2, 0.25) is 11.8 Å². The Kier molecular flexibility index (Phi) is 2.79. The Bertz CT molecular complexity index is 360. The molecule has 0 atom stereocenters. The summed E-state index contributed by atoms with van der Waals surface area (Å²) in [5.74, 6) is -1.40. The van der Waals surface area contributed by atoms with Gasteiger partial charge in [0.05, 0.1) is 0 Å². The van der Waals surface area contributed by atoms with Gasteiger partial charge < -0.3 is 0 Å². The first-order valence-corrected chi connectivity index (χ1v) is 5.63. The van der Waals surface area contributed by atoms with Crippen molar-refractivity contribution in [3.63, 3.8) is 0 Å². The van der Waals surface area contributed by atoms with E-state index in [-0.39, 0.29) is 12.5 Å². The van der Waals surface area contributed by atoms with Crippen molar-refractivity contribution in [2.75, 3.05) is 6.54 Å². The van der Waals surface area contributed by atoms with E-state index in [1.165, 1.54) is 0 Å². The first-order chi connectivity index (χ1) is 6.33. The molecule has 0 aromatic heterocycles. The van der Waals surface area contributed by atoms with Crippen LogP contribution in [-0.4, -0.2) is 31.1 Å². The summed E-state index contributed by atoms with van der Waals surface area (Å²) in [5.41, 5.74) is 0. The normalized spacial score (nSPS) is 21.2. The second-order valence-corrected chi connectivity index (χ2v) is 5.12. The first kappa shape index (κ1) is 11.0. The van der Waals surface area contributed by atoms with Crippen molar-refractivity contribution in [3.05, 3.63) is 0 Å². The number of amides is 2. The van der Waals surface area contributed by atoms with Gasteiger partial charge in [0.25, 0.3) is 0 Å². The fourth-order valence-electron chi connectivity index (χ4n) is 1.13. The molecule has 1 N–H and O–H groups in total. The predicted octanol–water partition coefficient (Wildman–Crippen LogP) is -0.764. The molecule has 1 fully saturated rings. The molecule has 2 amide bonds. The van der Waals surface area contributed by atoms with Crippen molar-refractivity contribution >= 4 is 22.0 Å². The molecule has 14 heavy (non-hydrogen) atoms. The summed E-state index contributed by atoms with van der Waals surface area (Å²) in [4.78, 5) is 22.0. The van der Waals surface area contributed by atoms with Crippen LogP contribution in [-0.2, 0) is 19.8 Å². The van der Waals surface area contributed by atoms with Gasteiger partial charge in [0.15, 0.2) is 0 Å². The van der Waals surface area contributed by atoms with Gasteiger partial charge in [0, 0.05) is 6.54 Å². The van der Waals surface area contributed by atoms with E-state index in [2.05, 4.69) is 0 Å². The van der Waals surface area contributed by atoms with Crippen LogP contribution in [0, 0.1) is 5.92 Å². The number of carbonyl (C=O) groups is 2. The smallest absolute Gasteiger partial charge is 0.273 e. The van der Waals surface area contributed by atoms with Gasteiger partial charge in [-0.3, -0.25) is 9.59 Å². The third-order valence-electron chi connectivity index (χ3n) is 1.65. The second kappa shape index (κ2) is 3.56. The molecule has 0 radical (unpaired) electrons. The highest BCUT2D eigenvalue weighted by Gasteiger charge is 2.35. The summed E-state index contributed by atoms with van der Waals surface area (Å²) in [7, 11) is -3.93. The molecule has 0 bridgehead atoms. The van der Waals surface area contributed by atoms with Gasteiger partial charge in [-0.2, -0.15) is 8.42 Å². The minimum atomic E-state index is -3.93. The second-order valence-electron chi connectivity index (χ2n) is 3.53. The summed E-state index contributed by atoms with van der Waals surface area (Å²) in [6.07, 6.45) is -0.397. The number of rotatable bonds is 2. The summed E-state index contributed by atoms with van der Waals surface area (Å²) in [5, 5.41) is 0. The van der Waals surface area contributed by atoms with Crippen LogP contribution in [0.15, 0.2) is 0 Å². The van der Waals surface area contributed by atoms with Crippen LogP contribution in [0.3, 0.4) is 0 Å². The van der Waals surface area contributed by atoms with E-state index in [9.17, 15) is 18.0 Å². The number of nitrogens with zero attached hydrogens (tertiary/aromatic N) is 1. The molecule has 0 spiro atoms. The van der Waals surface area contributed by atoms with E-state index < -0.39 is 28.4 Å². The van der Waals surface area contributed by atoms with Gasteiger partial charge in [-0.25, -0.2) is 9.03 Å². The van der Waals surface area contributed by atoms with E-state index in [1.807, 2.05) is 0 Å². The molecule has 7 heteroatoms. The molecule has 0 aromatic rings. The molecule has 1 saturated heterocycles.